The molecule has 1 atom stereocenters. The number of nitrogens with two attached hydrogens (primary N) is 1. The summed E-state index contributed by atoms with van der Waals surface area (Å²) >= 11 is 1.45. The third kappa shape index (κ3) is 3.54. The molecule has 1 saturated carbocycles. The molecular formula is C13H18N2O3S. The monoisotopic (exact) mass is 282 g/mol. The summed E-state index contributed by atoms with van der Waals surface area (Å²) in [6.07, 6.45) is 1.87. The van der Waals surface area contributed by atoms with E-state index in [-0.39, 0.29) is 24.5 Å². The van der Waals surface area contributed by atoms with Gasteiger partial charge in [-0.15, -0.1) is 11.3 Å². The molecule has 0 aromatic carbocycles. The van der Waals surface area contributed by atoms with Crippen molar-refractivity contribution in [1.82, 2.24) is 4.90 Å². The van der Waals surface area contributed by atoms with Gasteiger partial charge in [0.15, 0.2) is 0 Å². The van der Waals surface area contributed by atoms with Crippen LogP contribution in [0.5, 0.6) is 0 Å². The highest BCUT2D eigenvalue weighted by molar-refractivity contribution is 7.10. The van der Waals surface area contributed by atoms with Crippen LogP contribution in [-0.2, 0) is 14.3 Å². The lowest BCUT2D eigenvalue weighted by molar-refractivity contribution is -0.149. The number of ether oxygens (including phenoxy) is 1. The van der Waals surface area contributed by atoms with Crippen LogP contribution in [-0.4, -0.2) is 36.0 Å². The third-order valence-electron chi connectivity index (χ3n) is 2.99. The number of amides is 1. The fourth-order valence-electron chi connectivity index (χ4n) is 1.89. The zero-order chi connectivity index (χ0) is 13.8. The predicted molar refractivity (Wildman–Crippen MR) is 72.6 cm³/mol. The van der Waals surface area contributed by atoms with Gasteiger partial charge < -0.3 is 15.4 Å². The Morgan fingerprint density at radius 1 is 1.58 bits per heavy atom. The van der Waals surface area contributed by atoms with Gasteiger partial charge in [-0.05, 0) is 31.2 Å². The van der Waals surface area contributed by atoms with Gasteiger partial charge in [0, 0.05) is 10.9 Å². The topological polar surface area (TPSA) is 72.6 Å². The lowest BCUT2D eigenvalue weighted by Crippen LogP contribution is -2.43. The number of nitrogens with zero attached hydrogens (tertiary/aromatic N) is 1. The van der Waals surface area contributed by atoms with Gasteiger partial charge >= 0.3 is 5.97 Å². The molecule has 6 heteroatoms. The first-order chi connectivity index (χ1) is 9.13. The van der Waals surface area contributed by atoms with E-state index < -0.39 is 6.04 Å². The Morgan fingerprint density at radius 2 is 2.32 bits per heavy atom. The maximum Gasteiger partial charge on any atom is 0.325 e. The second kappa shape index (κ2) is 6.16. The van der Waals surface area contributed by atoms with E-state index in [4.69, 9.17) is 10.5 Å². The summed E-state index contributed by atoms with van der Waals surface area (Å²) in [7, 11) is 0. The van der Waals surface area contributed by atoms with Crippen molar-refractivity contribution < 1.29 is 14.3 Å². The summed E-state index contributed by atoms with van der Waals surface area (Å²) in [6.45, 7) is 2.07. The van der Waals surface area contributed by atoms with Crippen molar-refractivity contribution in [2.75, 3.05) is 13.2 Å². The van der Waals surface area contributed by atoms with Crippen LogP contribution >= 0.6 is 11.3 Å². The number of esters is 1. The molecule has 1 aromatic rings. The van der Waals surface area contributed by atoms with Gasteiger partial charge in [0.2, 0.25) is 5.91 Å². The first-order valence-electron chi connectivity index (χ1n) is 6.38. The van der Waals surface area contributed by atoms with Gasteiger partial charge in [0.25, 0.3) is 0 Å². The van der Waals surface area contributed by atoms with Crippen LogP contribution in [0.2, 0.25) is 0 Å². The Labute approximate surface area is 116 Å². The van der Waals surface area contributed by atoms with Crippen molar-refractivity contribution in [3.63, 3.8) is 0 Å². The van der Waals surface area contributed by atoms with E-state index in [1.54, 1.807) is 11.8 Å². The standard InChI is InChI=1S/C13H18N2O3S/c1-2-18-11(16)8-15(9-5-6-9)13(17)12(14)10-4-3-7-19-10/h3-4,7,9,12H,2,5-6,8,14H2,1H3. The summed E-state index contributed by atoms with van der Waals surface area (Å²) in [5.41, 5.74) is 5.97. The molecule has 0 radical (unpaired) electrons. The molecule has 0 bridgehead atoms. The van der Waals surface area contributed by atoms with Crippen molar-refractivity contribution in [3.8, 4) is 0 Å². The van der Waals surface area contributed by atoms with Gasteiger partial charge in [0.05, 0.1) is 6.61 Å². The van der Waals surface area contributed by atoms with Crippen molar-refractivity contribution in [2.24, 2.45) is 5.73 Å². The number of carbonyl (C=O) groups is 2. The lowest BCUT2D eigenvalue weighted by Gasteiger charge is -2.24. The summed E-state index contributed by atoms with van der Waals surface area (Å²) < 4.78 is 4.90. The highest BCUT2D eigenvalue weighted by Crippen LogP contribution is 2.29. The van der Waals surface area contributed by atoms with Crippen molar-refractivity contribution in [1.29, 1.82) is 0 Å². The molecule has 19 heavy (non-hydrogen) atoms. The minimum absolute atomic E-state index is 0.00356. The van der Waals surface area contributed by atoms with Crippen LogP contribution in [0.3, 0.4) is 0 Å². The highest BCUT2D eigenvalue weighted by atomic mass is 32.1. The van der Waals surface area contributed by atoms with Crippen molar-refractivity contribution in [2.45, 2.75) is 31.8 Å². The van der Waals surface area contributed by atoms with Crippen molar-refractivity contribution >= 4 is 23.2 Å². The normalized spacial score (nSPS) is 15.9. The number of carbonyl (C=O) groups excluding carboxylic acids is 2. The molecule has 2 N–H and O–H groups in total. The Morgan fingerprint density at radius 3 is 2.84 bits per heavy atom. The molecule has 1 aliphatic rings. The number of thiophene rings is 1. The predicted octanol–water partition coefficient (Wildman–Crippen LogP) is 1.30. The number of rotatable bonds is 6. The minimum atomic E-state index is -0.685. The maximum atomic E-state index is 12.4. The summed E-state index contributed by atoms with van der Waals surface area (Å²) in [5, 5.41) is 1.88. The van der Waals surface area contributed by atoms with E-state index >= 15 is 0 Å². The first kappa shape index (κ1) is 14.0. The van der Waals surface area contributed by atoms with E-state index in [9.17, 15) is 9.59 Å². The fourth-order valence-corrected chi connectivity index (χ4v) is 2.61. The quantitative estimate of drug-likeness (QED) is 0.798. The molecule has 0 spiro atoms. The SMILES string of the molecule is CCOC(=O)CN(C(=O)C(N)c1cccs1)C1CC1. The summed E-state index contributed by atoms with van der Waals surface area (Å²) in [6, 6.07) is 3.15. The molecule has 104 valence electrons. The first-order valence-corrected chi connectivity index (χ1v) is 7.26. The smallest absolute Gasteiger partial charge is 0.325 e. The Balaban J connectivity index is 2.02. The van der Waals surface area contributed by atoms with E-state index in [2.05, 4.69) is 0 Å². The van der Waals surface area contributed by atoms with Gasteiger partial charge in [-0.25, -0.2) is 0 Å². The molecular weight excluding hydrogens is 264 g/mol. The van der Waals surface area contributed by atoms with E-state index in [1.807, 2.05) is 17.5 Å². The third-order valence-corrected chi connectivity index (χ3v) is 3.95. The van der Waals surface area contributed by atoms with Crippen LogP contribution in [0.1, 0.15) is 30.7 Å². The lowest BCUT2D eigenvalue weighted by atomic mass is 10.2. The molecule has 1 heterocycles. The van der Waals surface area contributed by atoms with Gasteiger partial charge in [0.1, 0.15) is 12.6 Å². The van der Waals surface area contributed by atoms with Crippen LogP contribution in [0, 0.1) is 0 Å². The van der Waals surface area contributed by atoms with Gasteiger partial charge in [-0.3, -0.25) is 9.59 Å². The molecule has 0 saturated heterocycles. The second-order valence-electron chi connectivity index (χ2n) is 4.50. The summed E-state index contributed by atoms with van der Waals surface area (Å²) in [5.74, 6) is -0.570. The van der Waals surface area contributed by atoms with Crippen LogP contribution in [0.15, 0.2) is 17.5 Å². The second-order valence-corrected chi connectivity index (χ2v) is 5.47. The van der Waals surface area contributed by atoms with E-state index in [0.717, 1.165) is 17.7 Å². The largest absolute Gasteiger partial charge is 0.465 e. The zero-order valence-corrected chi connectivity index (χ0v) is 11.7. The Bertz CT molecular complexity index is 443. The zero-order valence-electron chi connectivity index (χ0n) is 10.9. The molecule has 2 rings (SSSR count). The average molecular weight is 282 g/mol. The number of hydrogen-bond donors (Lipinski definition) is 1. The average Bonchev–Trinajstić information content (AvgIpc) is 3.08. The highest BCUT2D eigenvalue weighted by Gasteiger charge is 2.36. The van der Waals surface area contributed by atoms with Crippen LogP contribution in [0.25, 0.3) is 0 Å². The Hall–Kier alpha value is -1.40. The van der Waals surface area contributed by atoms with E-state index in [0.29, 0.717) is 6.61 Å². The minimum Gasteiger partial charge on any atom is -0.465 e. The Kier molecular flexibility index (Phi) is 4.55. The van der Waals surface area contributed by atoms with Crippen LogP contribution in [0.4, 0.5) is 0 Å². The molecule has 0 aliphatic heterocycles. The number of hydrogen-bond acceptors (Lipinski definition) is 5. The molecule has 1 unspecified atom stereocenters. The fraction of sp³-hybridized carbons (Fsp3) is 0.538. The van der Waals surface area contributed by atoms with Gasteiger partial charge in [-0.1, -0.05) is 6.07 Å². The van der Waals surface area contributed by atoms with Crippen molar-refractivity contribution in [3.05, 3.63) is 22.4 Å². The van der Waals surface area contributed by atoms with E-state index in [1.165, 1.54) is 11.3 Å². The molecule has 1 fully saturated rings. The van der Waals surface area contributed by atoms with Gasteiger partial charge in [-0.2, -0.15) is 0 Å². The molecule has 1 amide bonds. The summed E-state index contributed by atoms with van der Waals surface area (Å²) in [4.78, 5) is 26.3. The van der Waals surface area contributed by atoms with Crippen LogP contribution < -0.4 is 5.73 Å². The molecule has 1 aromatic heterocycles. The maximum absolute atomic E-state index is 12.4. The molecule has 1 aliphatic carbocycles. The molecule has 5 nitrogen and oxygen atoms in total.